The van der Waals surface area contributed by atoms with Crippen molar-refractivity contribution in [2.24, 2.45) is 0 Å². The molecule has 0 saturated heterocycles. The Morgan fingerprint density at radius 3 is 1.23 bits per heavy atom. The summed E-state index contributed by atoms with van der Waals surface area (Å²) in [5.74, 6) is 1.61. The Kier molecular flexibility index (Phi) is 26.7. The lowest BCUT2D eigenvalue weighted by Gasteiger charge is -2.07. The van der Waals surface area contributed by atoms with E-state index < -0.39 is 0 Å². The molecule has 0 aromatic carbocycles. The first kappa shape index (κ1) is 36.2. The predicted molar refractivity (Wildman–Crippen MR) is 175 cm³/mol. The number of nitrogens with zero attached hydrogens (tertiary/aromatic N) is 2. The van der Waals surface area contributed by atoms with Gasteiger partial charge in [0.1, 0.15) is 12.4 Å². The van der Waals surface area contributed by atoms with Gasteiger partial charge in [0.05, 0.1) is 13.1 Å². The van der Waals surface area contributed by atoms with Crippen LogP contribution in [0.3, 0.4) is 0 Å². The molecule has 0 N–H and O–H groups in total. The molecule has 0 bridgehead atoms. The molecule has 0 amide bonds. The molecule has 2 heteroatoms. The first-order valence-electron chi connectivity index (χ1n) is 18.4. The van der Waals surface area contributed by atoms with Crippen molar-refractivity contribution in [3.63, 3.8) is 0 Å². The lowest BCUT2D eigenvalue weighted by molar-refractivity contribution is -0.704. The molecule has 0 spiro atoms. The molecule has 0 aliphatic carbocycles. The largest absolute Gasteiger partial charge is 0.256 e. The lowest BCUT2D eigenvalue weighted by Crippen LogP contribution is -2.37. The molecule has 0 saturated carbocycles. The van der Waals surface area contributed by atoms with E-state index in [9.17, 15) is 0 Å². The molecule has 1 rings (SSSR count). The molecule has 0 unspecified atom stereocenters. The van der Waals surface area contributed by atoms with Crippen LogP contribution in [0.4, 0.5) is 0 Å². The highest BCUT2D eigenvalue weighted by Crippen LogP contribution is 2.15. The fourth-order valence-electron chi connectivity index (χ4n) is 6.15. The smallest absolute Gasteiger partial charge is 0.234 e. The third-order valence-electron chi connectivity index (χ3n) is 8.85. The van der Waals surface area contributed by atoms with Gasteiger partial charge in [-0.05, 0) is 32.1 Å². The summed E-state index contributed by atoms with van der Waals surface area (Å²) in [6, 6.07) is 0. The highest BCUT2D eigenvalue weighted by atomic mass is 15.1. The summed E-state index contributed by atoms with van der Waals surface area (Å²) in [6.45, 7) is 9.39. The van der Waals surface area contributed by atoms with Gasteiger partial charge in [-0.1, -0.05) is 168 Å². The molecule has 0 radical (unpaired) electrons. The number of rotatable bonds is 31. The maximum absolute atomic E-state index is 2.62. The average Bonchev–Trinajstić information content (AvgIpc) is 3.33. The van der Waals surface area contributed by atoms with E-state index in [0.717, 1.165) is 0 Å². The predicted octanol–water partition coefficient (Wildman–Crippen LogP) is 12.3. The van der Waals surface area contributed by atoms with Crippen LogP contribution in [0, 0.1) is 0 Å². The molecule has 1 aromatic heterocycles. The van der Waals surface area contributed by atoms with Crippen molar-refractivity contribution >= 4 is 0 Å². The van der Waals surface area contributed by atoms with Gasteiger partial charge >= 0.3 is 0 Å². The summed E-state index contributed by atoms with van der Waals surface area (Å²) < 4.78 is 5.23. The van der Waals surface area contributed by atoms with Gasteiger partial charge in [-0.15, -0.1) is 0 Å². The SMILES string of the molecule is CCCCCCCCCCCCCCCCCn1cc[n+](CCCCCCCCC)c1CCCCCCCC. The van der Waals surface area contributed by atoms with Gasteiger partial charge < -0.3 is 0 Å². The molecular weight excluding hydrogens is 472 g/mol. The highest BCUT2D eigenvalue weighted by molar-refractivity contribution is 4.84. The van der Waals surface area contributed by atoms with E-state index in [2.05, 4.69) is 42.3 Å². The third kappa shape index (κ3) is 21.6. The number of hydrogen-bond acceptors (Lipinski definition) is 0. The fourth-order valence-corrected chi connectivity index (χ4v) is 6.15. The van der Waals surface area contributed by atoms with E-state index in [1.54, 1.807) is 5.82 Å². The summed E-state index contributed by atoms with van der Waals surface area (Å²) in [7, 11) is 0. The van der Waals surface area contributed by atoms with Crippen LogP contribution in [0.5, 0.6) is 0 Å². The second kappa shape index (κ2) is 28.7. The Morgan fingerprint density at radius 1 is 0.436 bits per heavy atom. The molecule has 1 heterocycles. The Bertz CT molecular complexity index is 605. The van der Waals surface area contributed by atoms with Crippen molar-refractivity contribution in [2.45, 2.75) is 220 Å². The molecule has 0 fully saturated rings. The van der Waals surface area contributed by atoms with E-state index >= 15 is 0 Å². The minimum absolute atomic E-state index is 1.23. The van der Waals surface area contributed by atoms with Crippen molar-refractivity contribution in [1.82, 2.24) is 4.57 Å². The van der Waals surface area contributed by atoms with E-state index in [-0.39, 0.29) is 0 Å². The fraction of sp³-hybridized carbons (Fsp3) is 0.919. The standard InChI is InChI=1S/C37H73N2/c1-4-7-10-13-16-17-18-19-20-21-22-23-25-28-31-34-39-36-35-38(33-30-27-24-14-11-8-5-2)37(39)32-29-26-15-12-9-6-3/h35-36H,4-34H2,1-3H3/q+1. The maximum Gasteiger partial charge on any atom is 0.256 e. The summed E-state index contributed by atoms with van der Waals surface area (Å²) in [5.41, 5.74) is 0. The van der Waals surface area contributed by atoms with Crippen LogP contribution in [0.15, 0.2) is 12.4 Å². The van der Waals surface area contributed by atoms with Crippen LogP contribution in [0.25, 0.3) is 0 Å². The second-order valence-corrected chi connectivity index (χ2v) is 12.7. The van der Waals surface area contributed by atoms with E-state index in [1.807, 2.05) is 0 Å². The number of hydrogen-bond donors (Lipinski definition) is 0. The second-order valence-electron chi connectivity index (χ2n) is 12.7. The number of aromatic nitrogens is 2. The van der Waals surface area contributed by atoms with Crippen LogP contribution in [-0.2, 0) is 19.5 Å². The minimum atomic E-state index is 1.23. The first-order chi connectivity index (χ1) is 19.3. The molecule has 1 aromatic rings. The molecular formula is C37H73N2+. The molecule has 0 aliphatic heterocycles. The minimum Gasteiger partial charge on any atom is -0.234 e. The summed E-state index contributed by atoms with van der Waals surface area (Å²) >= 11 is 0. The quantitative estimate of drug-likeness (QED) is 0.0648. The van der Waals surface area contributed by atoms with Crippen LogP contribution in [0.2, 0.25) is 0 Å². The van der Waals surface area contributed by atoms with Crippen LogP contribution in [-0.4, -0.2) is 4.57 Å². The lowest BCUT2D eigenvalue weighted by atomic mass is 10.0. The molecule has 0 aliphatic rings. The Balaban J connectivity index is 2.21. The van der Waals surface area contributed by atoms with Gasteiger partial charge in [-0.3, -0.25) is 0 Å². The Hall–Kier alpha value is -0.790. The van der Waals surface area contributed by atoms with Crippen molar-refractivity contribution < 1.29 is 4.57 Å². The molecule has 2 nitrogen and oxygen atoms in total. The Morgan fingerprint density at radius 2 is 0.795 bits per heavy atom. The zero-order valence-electron chi connectivity index (χ0n) is 27.5. The van der Waals surface area contributed by atoms with Crippen molar-refractivity contribution in [1.29, 1.82) is 0 Å². The van der Waals surface area contributed by atoms with Crippen molar-refractivity contribution in [3.8, 4) is 0 Å². The van der Waals surface area contributed by atoms with Gasteiger partial charge in [-0.2, -0.15) is 0 Å². The van der Waals surface area contributed by atoms with Crippen molar-refractivity contribution in [2.75, 3.05) is 0 Å². The van der Waals surface area contributed by atoms with E-state index in [1.165, 1.54) is 199 Å². The summed E-state index contributed by atoms with van der Waals surface area (Å²) in [4.78, 5) is 0. The molecule has 0 atom stereocenters. The number of imidazole rings is 1. The van der Waals surface area contributed by atoms with Gasteiger partial charge in [0.2, 0.25) is 0 Å². The molecule has 230 valence electrons. The van der Waals surface area contributed by atoms with Crippen molar-refractivity contribution in [3.05, 3.63) is 18.2 Å². The monoisotopic (exact) mass is 546 g/mol. The zero-order chi connectivity index (χ0) is 28.1. The summed E-state index contributed by atoms with van der Waals surface area (Å²) in [5, 5.41) is 0. The maximum atomic E-state index is 2.62. The van der Waals surface area contributed by atoms with E-state index in [4.69, 9.17) is 0 Å². The Labute approximate surface area is 247 Å². The van der Waals surface area contributed by atoms with Gasteiger partial charge in [0, 0.05) is 6.42 Å². The molecule has 39 heavy (non-hydrogen) atoms. The third-order valence-corrected chi connectivity index (χ3v) is 8.85. The van der Waals surface area contributed by atoms with Gasteiger partial charge in [-0.25, -0.2) is 9.13 Å². The topological polar surface area (TPSA) is 8.81 Å². The number of unbranched alkanes of at least 4 members (excludes halogenated alkanes) is 25. The van der Waals surface area contributed by atoms with Crippen LogP contribution < -0.4 is 4.57 Å². The van der Waals surface area contributed by atoms with Gasteiger partial charge in [0.15, 0.2) is 0 Å². The summed E-state index contributed by atoms with van der Waals surface area (Å²) in [6.07, 6.45) is 45.9. The zero-order valence-corrected chi connectivity index (χ0v) is 27.5. The first-order valence-corrected chi connectivity index (χ1v) is 18.4. The highest BCUT2D eigenvalue weighted by Gasteiger charge is 2.16. The van der Waals surface area contributed by atoms with Crippen LogP contribution in [0.1, 0.15) is 206 Å². The van der Waals surface area contributed by atoms with Gasteiger partial charge in [0.25, 0.3) is 5.82 Å². The number of aryl methyl sites for hydroxylation is 2. The normalized spacial score (nSPS) is 11.6. The average molecular weight is 546 g/mol. The van der Waals surface area contributed by atoms with E-state index in [0.29, 0.717) is 0 Å². The van der Waals surface area contributed by atoms with Crippen LogP contribution >= 0.6 is 0 Å².